The highest BCUT2D eigenvalue weighted by Crippen LogP contribution is 1.92. The number of nitrogens with zero attached hydrogens (tertiary/aromatic N) is 1. The van der Waals surface area contributed by atoms with Gasteiger partial charge in [0.15, 0.2) is 0 Å². The van der Waals surface area contributed by atoms with E-state index in [1.807, 2.05) is 18.2 Å². The molecule has 5 heteroatoms. The largest absolute Gasteiger partial charge is 0.636 e. The Bertz CT molecular complexity index is 164. The third-order valence-electron chi connectivity index (χ3n) is 1.17. The van der Waals surface area contributed by atoms with E-state index in [1.54, 1.807) is 12.4 Å². The molecular weight excluding hydrogens is 157 g/mol. The lowest BCUT2D eigenvalue weighted by atomic mass is 10.3. The van der Waals surface area contributed by atoms with Crippen molar-refractivity contribution >= 4 is 7.32 Å². The zero-order valence-corrected chi connectivity index (χ0v) is 6.59. The minimum absolute atomic E-state index is 0.515. The third kappa shape index (κ3) is 4.07. The molecular formula is C7H10BNO3. The summed E-state index contributed by atoms with van der Waals surface area (Å²) >= 11 is 0. The van der Waals surface area contributed by atoms with Crippen molar-refractivity contribution in [3.8, 4) is 0 Å². The molecule has 4 nitrogen and oxygen atoms in total. The Kier molecular flexibility index (Phi) is 4.37. The second kappa shape index (κ2) is 5.71. The third-order valence-corrected chi connectivity index (χ3v) is 1.17. The molecule has 0 spiro atoms. The van der Waals surface area contributed by atoms with Crippen LogP contribution in [-0.2, 0) is 9.31 Å². The van der Waals surface area contributed by atoms with Gasteiger partial charge in [-0.15, -0.1) is 0 Å². The van der Waals surface area contributed by atoms with Gasteiger partial charge in [-0.1, -0.05) is 6.07 Å². The molecule has 0 aromatic carbocycles. The predicted molar refractivity (Wildman–Crippen MR) is 44.1 cm³/mol. The Labute approximate surface area is 71.3 Å². The molecule has 0 saturated carbocycles. The number of hydrogen-bond acceptors (Lipinski definition) is 4. The standard InChI is InChI=1S/C5H5N.C2H5BO3/c1-2-4-6-5-3-1;4-3-5-1-2-6-3/h1-5H;4H,1-2H2. The summed E-state index contributed by atoms with van der Waals surface area (Å²) in [5.41, 5.74) is 0. The number of hydrogen-bond donors (Lipinski definition) is 1. The molecule has 1 aromatic rings. The van der Waals surface area contributed by atoms with Gasteiger partial charge in [-0.05, 0) is 12.1 Å². The smallest absolute Gasteiger partial charge is 0.402 e. The summed E-state index contributed by atoms with van der Waals surface area (Å²) in [6.07, 6.45) is 3.50. The Morgan fingerprint density at radius 1 is 1.08 bits per heavy atom. The zero-order valence-electron chi connectivity index (χ0n) is 6.59. The maximum absolute atomic E-state index is 8.28. The molecule has 1 aromatic heterocycles. The molecule has 0 aliphatic carbocycles. The zero-order chi connectivity index (χ0) is 8.65. The normalized spacial score (nSPS) is 15.2. The molecule has 64 valence electrons. The topological polar surface area (TPSA) is 51.6 Å². The molecule has 0 bridgehead atoms. The molecule has 0 amide bonds. The van der Waals surface area contributed by atoms with Crippen molar-refractivity contribution in [2.45, 2.75) is 0 Å². The highest BCUT2D eigenvalue weighted by Gasteiger charge is 2.20. The second-order valence-electron chi connectivity index (χ2n) is 2.07. The minimum Gasteiger partial charge on any atom is -0.402 e. The van der Waals surface area contributed by atoms with Gasteiger partial charge in [0.25, 0.3) is 0 Å². The molecule has 1 saturated heterocycles. The monoisotopic (exact) mass is 167 g/mol. The average Bonchev–Trinajstić information content (AvgIpc) is 2.60. The van der Waals surface area contributed by atoms with Crippen LogP contribution in [0.25, 0.3) is 0 Å². The van der Waals surface area contributed by atoms with Crippen LogP contribution in [0.2, 0.25) is 0 Å². The molecule has 1 aliphatic heterocycles. The maximum atomic E-state index is 8.28. The molecule has 1 aliphatic rings. The molecule has 0 atom stereocenters. The second-order valence-corrected chi connectivity index (χ2v) is 2.07. The molecule has 12 heavy (non-hydrogen) atoms. The van der Waals surface area contributed by atoms with Gasteiger partial charge < -0.3 is 14.3 Å². The van der Waals surface area contributed by atoms with Gasteiger partial charge in [0.05, 0.1) is 13.2 Å². The van der Waals surface area contributed by atoms with Crippen LogP contribution in [0.15, 0.2) is 30.6 Å². The first kappa shape index (κ1) is 9.19. The molecule has 2 rings (SSSR count). The lowest BCUT2D eigenvalue weighted by Gasteiger charge is -1.84. The maximum Gasteiger partial charge on any atom is 0.636 e. The van der Waals surface area contributed by atoms with Gasteiger partial charge in [0.2, 0.25) is 0 Å². The van der Waals surface area contributed by atoms with Crippen molar-refractivity contribution in [3.63, 3.8) is 0 Å². The van der Waals surface area contributed by atoms with Crippen LogP contribution in [-0.4, -0.2) is 30.5 Å². The summed E-state index contributed by atoms with van der Waals surface area (Å²) < 4.78 is 8.97. The number of rotatable bonds is 0. The van der Waals surface area contributed by atoms with E-state index in [2.05, 4.69) is 14.3 Å². The fourth-order valence-corrected chi connectivity index (χ4v) is 0.659. The van der Waals surface area contributed by atoms with E-state index in [0.29, 0.717) is 13.2 Å². The van der Waals surface area contributed by atoms with Gasteiger partial charge in [0.1, 0.15) is 0 Å². The average molecular weight is 167 g/mol. The minimum atomic E-state index is -0.954. The highest BCUT2D eigenvalue weighted by atomic mass is 16.7. The van der Waals surface area contributed by atoms with Gasteiger partial charge in [-0.25, -0.2) is 0 Å². The summed E-state index contributed by atoms with van der Waals surface area (Å²) in [6.45, 7) is 1.03. The first-order chi connectivity index (χ1) is 5.89. The Morgan fingerprint density at radius 3 is 1.83 bits per heavy atom. The Hall–Kier alpha value is -0.905. The van der Waals surface area contributed by atoms with Crippen molar-refractivity contribution in [2.24, 2.45) is 0 Å². The molecule has 0 unspecified atom stereocenters. The van der Waals surface area contributed by atoms with Crippen molar-refractivity contribution in [1.82, 2.24) is 4.98 Å². The van der Waals surface area contributed by atoms with E-state index in [9.17, 15) is 0 Å². The van der Waals surface area contributed by atoms with Crippen molar-refractivity contribution < 1.29 is 14.3 Å². The quantitative estimate of drug-likeness (QED) is 0.556. The highest BCUT2D eigenvalue weighted by molar-refractivity contribution is 6.35. The fraction of sp³-hybridized carbons (Fsp3) is 0.286. The van der Waals surface area contributed by atoms with E-state index in [4.69, 9.17) is 5.02 Å². The molecule has 0 radical (unpaired) electrons. The summed E-state index contributed by atoms with van der Waals surface area (Å²) in [5.74, 6) is 0. The van der Waals surface area contributed by atoms with Gasteiger partial charge >= 0.3 is 7.32 Å². The lowest BCUT2D eigenvalue weighted by Crippen LogP contribution is -2.11. The molecule has 1 fully saturated rings. The van der Waals surface area contributed by atoms with Crippen LogP contribution in [0.3, 0.4) is 0 Å². The molecule has 2 heterocycles. The lowest BCUT2D eigenvalue weighted by molar-refractivity contribution is 0.262. The van der Waals surface area contributed by atoms with Crippen molar-refractivity contribution in [2.75, 3.05) is 13.2 Å². The van der Waals surface area contributed by atoms with Crippen LogP contribution in [0.5, 0.6) is 0 Å². The van der Waals surface area contributed by atoms with E-state index < -0.39 is 7.32 Å². The predicted octanol–water partition coefficient (Wildman–Crippen LogP) is 0.0920. The summed E-state index contributed by atoms with van der Waals surface area (Å²) in [4.78, 5) is 3.78. The SMILES string of the molecule is OB1OCCO1.c1ccncc1. The number of pyridine rings is 1. The van der Waals surface area contributed by atoms with Gasteiger partial charge in [-0.3, -0.25) is 4.98 Å². The van der Waals surface area contributed by atoms with Crippen LogP contribution in [0, 0.1) is 0 Å². The summed E-state index contributed by atoms with van der Waals surface area (Å²) in [6, 6.07) is 5.72. The van der Waals surface area contributed by atoms with E-state index in [1.165, 1.54) is 0 Å². The van der Waals surface area contributed by atoms with Crippen molar-refractivity contribution in [3.05, 3.63) is 30.6 Å². The van der Waals surface area contributed by atoms with E-state index in [0.717, 1.165) is 0 Å². The van der Waals surface area contributed by atoms with E-state index >= 15 is 0 Å². The van der Waals surface area contributed by atoms with Crippen LogP contribution >= 0.6 is 0 Å². The number of aromatic nitrogens is 1. The van der Waals surface area contributed by atoms with E-state index in [-0.39, 0.29) is 0 Å². The summed E-state index contributed by atoms with van der Waals surface area (Å²) in [7, 11) is -0.954. The van der Waals surface area contributed by atoms with Gasteiger partial charge in [-0.2, -0.15) is 0 Å². The summed E-state index contributed by atoms with van der Waals surface area (Å²) in [5, 5.41) is 8.28. The fourth-order valence-electron chi connectivity index (χ4n) is 0.659. The van der Waals surface area contributed by atoms with Crippen LogP contribution in [0.1, 0.15) is 0 Å². The first-order valence-corrected chi connectivity index (χ1v) is 3.66. The molecule has 1 N–H and O–H groups in total. The van der Waals surface area contributed by atoms with Crippen LogP contribution in [0.4, 0.5) is 0 Å². The van der Waals surface area contributed by atoms with Crippen LogP contribution < -0.4 is 0 Å². The van der Waals surface area contributed by atoms with Crippen molar-refractivity contribution in [1.29, 1.82) is 0 Å². The first-order valence-electron chi connectivity index (χ1n) is 3.66. The Morgan fingerprint density at radius 2 is 1.67 bits per heavy atom. The van der Waals surface area contributed by atoms with Gasteiger partial charge in [0, 0.05) is 12.4 Å². The Balaban J connectivity index is 0.000000120.